The Bertz CT molecular complexity index is 441. The Hall–Kier alpha value is -1.11. The minimum atomic E-state index is -0.379. The fourth-order valence-electron chi connectivity index (χ4n) is 2.17. The van der Waals surface area contributed by atoms with Crippen molar-refractivity contribution in [2.75, 3.05) is 30.3 Å². The predicted octanol–water partition coefficient (Wildman–Crippen LogP) is 0.688. The van der Waals surface area contributed by atoms with E-state index in [2.05, 4.69) is 9.97 Å². The number of hydrogen-bond acceptors (Lipinski definition) is 6. The van der Waals surface area contributed by atoms with Crippen molar-refractivity contribution in [1.29, 1.82) is 0 Å². The lowest BCUT2D eigenvalue weighted by Crippen LogP contribution is -2.54. The summed E-state index contributed by atoms with van der Waals surface area (Å²) in [5.41, 5.74) is 5.95. The van der Waals surface area contributed by atoms with Crippen LogP contribution in [0.3, 0.4) is 0 Å². The summed E-state index contributed by atoms with van der Waals surface area (Å²) in [4.78, 5) is 9.95. The van der Waals surface area contributed by atoms with Crippen LogP contribution in [0.2, 0.25) is 5.28 Å². The van der Waals surface area contributed by atoms with Gasteiger partial charge in [0.1, 0.15) is 0 Å². The second-order valence-electron chi connectivity index (χ2n) is 4.98. The van der Waals surface area contributed by atoms with Gasteiger partial charge in [-0.15, -0.1) is 0 Å². The highest BCUT2D eigenvalue weighted by Crippen LogP contribution is 2.28. The minimum absolute atomic E-state index is 0.0430. The molecule has 1 fully saturated rings. The van der Waals surface area contributed by atoms with Crippen LogP contribution in [-0.2, 0) is 4.74 Å². The molecule has 1 aromatic heterocycles. The molecular formula is C11H17ClN4O2. The van der Waals surface area contributed by atoms with E-state index in [1.807, 2.05) is 18.7 Å². The van der Waals surface area contributed by atoms with Gasteiger partial charge in [-0.25, -0.2) is 4.98 Å². The lowest BCUT2D eigenvalue weighted by Gasteiger charge is -2.43. The maximum Gasteiger partial charge on any atom is 0.224 e. The normalized spacial score (nSPS) is 23.1. The molecule has 0 amide bonds. The standard InChI is InChI=1S/C11H17ClN4O2/c1-11(2)6-16(4-7(5-17)18-11)9-8(13)3-14-10(12)15-9/h3,7,17H,4-6,13H2,1-2H3. The number of nitrogens with two attached hydrogens (primary N) is 1. The van der Waals surface area contributed by atoms with Gasteiger partial charge in [0.15, 0.2) is 5.82 Å². The minimum Gasteiger partial charge on any atom is -0.394 e. The highest BCUT2D eigenvalue weighted by atomic mass is 35.5. The molecule has 7 heteroatoms. The van der Waals surface area contributed by atoms with Crippen LogP contribution in [0.25, 0.3) is 0 Å². The summed E-state index contributed by atoms with van der Waals surface area (Å²) in [6, 6.07) is 0. The van der Waals surface area contributed by atoms with Crippen LogP contribution in [-0.4, -0.2) is 46.5 Å². The van der Waals surface area contributed by atoms with E-state index in [0.29, 0.717) is 24.6 Å². The topological polar surface area (TPSA) is 84.5 Å². The van der Waals surface area contributed by atoms with Crippen molar-refractivity contribution in [3.8, 4) is 0 Å². The number of ether oxygens (including phenoxy) is 1. The summed E-state index contributed by atoms with van der Waals surface area (Å²) in [5, 5.41) is 9.43. The summed E-state index contributed by atoms with van der Waals surface area (Å²) >= 11 is 5.79. The molecule has 6 nitrogen and oxygen atoms in total. The highest BCUT2D eigenvalue weighted by Gasteiger charge is 2.34. The van der Waals surface area contributed by atoms with Crippen LogP contribution in [0.5, 0.6) is 0 Å². The SMILES string of the molecule is CC1(C)CN(c2nc(Cl)ncc2N)CC(CO)O1. The first-order valence-corrected chi connectivity index (χ1v) is 6.11. The maximum atomic E-state index is 9.27. The smallest absolute Gasteiger partial charge is 0.224 e. The van der Waals surface area contributed by atoms with Crippen molar-refractivity contribution in [3.05, 3.63) is 11.5 Å². The molecule has 0 aromatic carbocycles. The van der Waals surface area contributed by atoms with Crippen LogP contribution in [0, 0.1) is 0 Å². The number of anilines is 2. The van der Waals surface area contributed by atoms with Gasteiger partial charge in [-0.1, -0.05) is 0 Å². The molecule has 0 saturated carbocycles. The Labute approximate surface area is 111 Å². The summed E-state index contributed by atoms with van der Waals surface area (Å²) in [7, 11) is 0. The number of morpholine rings is 1. The van der Waals surface area contributed by atoms with Crippen LogP contribution in [0.15, 0.2) is 6.20 Å². The molecule has 1 saturated heterocycles. The second-order valence-corrected chi connectivity index (χ2v) is 5.32. The Morgan fingerprint density at radius 1 is 1.67 bits per heavy atom. The largest absolute Gasteiger partial charge is 0.394 e. The van der Waals surface area contributed by atoms with Crippen molar-refractivity contribution in [3.63, 3.8) is 0 Å². The van der Waals surface area contributed by atoms with E-state index in [0.717, 1.165) is 0 Å². The van der Waals surface area contributed by atoms with E-state index in [-0.39, 0.29) is 23.6 Å². The van der Waals surface area contributed by atoms with E-state index in [1.54, 1.807) is 0 Å². The van der Waals surface area contributed by atoms with Gasteiger partial charge in [0.25, 0.3) is 0 Å². The molecule has 0 aliphatic carbocycles. The average Bonchev–Trinajstić information content (AvgIpc) is 2.30. The molecule has 0 radical (unpaired) electrons. The number of nitrogens with zero attached hydrogens (tertiary/aromatic N) is 3. The first-order valence-electron chi connectivity index (χ1n) is 5.73. The summed E-state index contributed by atoms with van der Waals surface area (Å²) in [5.74, 6) is 0.588. The molecule has 3 N–H and O–H groups in total. The third-order valence-electron chi connectivity index (χ3n) is 2.75. The third kappa shape index (κ3) is 2.82. The first-order chi connectivity index (χ1) is 8.41. The van der Waals surface area contributed by atoms with Gasteiger partial charge in [-0.2, -0.15) is 4.98 Å². The van der Waals surface area contributed by atoms with Crippen molar-refractivity contribution >= 4 is 23.1 Å². The van der Waals surface area contributed by atoms with E-state index in [1.165, 1.54) is 6.20 Å². The summed E-state index contributed by atoms with van der Waals surface area (Å²) in [6.45, 7) is 5.03. The van der Waals surface area contributed by atoms with E-state index in [4.69, 9.17) is 22.1 Å². The summed E-state index contributed by atoms with van der Waals surface area (Å²) in [6.07, 6.45) is 1.23. The third-order valence-corrected chi connectivity index (χ3v) is 2.93. The molecule has 2 heterocycles. The first kappa shape index (κ1) is 13.3. The molecule has 1 unspecified atom stereocenters. The number of aliphatic hydroxyl groups excluding tert-OH is 1. The monoisotopic (exact) mass is 272 g/mol. The number of aliphatic hydroxyl groups is 1. The van der Waals surface area contributed by atoms with Gasteiger partial charge >= 0.3 is 0 Å². The molecule has 1 aliphatic heterocycles. The van der Waals surface area contributed by atoms with Crippen molar-refractivity contribution < 1.29 is 9.84 Å². The number of aromatic nitrogens is 2. The predicted molar refractivity (Wildman–Crippen MR) is 69.7 cm³/mol. The zero-order valence-electron chi connectivity index (χ0n) is 10.4. The Balaban J connectivity index is 2.29. The summed E-state index contributed by atoms with van der Waals surface area (Å²) < 4.78 is 5.74. The van der Waals surface area contributed by atoms with Crippen molar-refractivity contribution in [2.24, 2.45) is 0 Å². The molecule has 1 atom stereocenters. The maximum absolute atomic E-state index is 9.27. The van der Waals surface area contributed by atoms with Crippen molar-refractivity contribution in [1.82, 2.24) is 9.97 Å². The molecule has 1 aliphatic rings. The van der Waals surface area contributed by atoms with Crippen LogP contribution < -0.4 is 10.6 Å². The molecule has 1 aromatic rings. The number of rotatable bonds is 2. The zero-order valence-corrected chi connectivity index (χ0v) is 11.2. The van der Waals surface area contributed by atoms with Gasteiger partial charge in [0, 0.05) is 13.1 Å². The molecule has 100 valence electrons. The zero-order chi connectivity index (χ0) is 13.3. The van der Waals surface area contributed by atoms with Gasteiger partial charge in [0.2, 0.25) is 5.28 Å². The number of nitrogen functional groups attached to an aromatic ring is 1. The Morgan fingerprint density at radius 3 is 3.06 bits per heavy atom. The fraction of sp³-hybridized carbons (Fsp3) is 0.636. The highest BCUT2D eigenvalue weighted by molar-refractivity contribution is 6.28. The van der Waals surface area contributed by atoms with Gasteiger partial charge in [-0.05, 0) is 25.4 Å². The van der Waals surface area contributed by atoms with E-state index < -0.39 is 0 Å². The van der Waals surface area contributed by atoms with Gasteiger partial charge < -0.3 is 20.5 Å². The quantitative estimate of drug-likeness (QED) is 0.771. The molecular weight excluding hydrogens is 256 g/mol. The van der Waals surface area contributed by atoms with Gasteiger partial charge in [0.05, 0.1) is 30.2 Å². The molecule has 0 bridgehead atoms. The Kier molecular flexibility index (Phi) is 3.61. The number of hydrogen-bond donors (Lipinski definition) is 2. The van der Waals surface area contributed by atoms with E-state index in [9.17, 15) is 5.11 Å². The van der Waals surface area contributed by atoms with E-state index >= 15 is 0 Å². The second kappa shape index (κ2) is 4.87. The number of halogens is 1. The molecule has 0 spiro atoms. The fourth-order valence-corrected chi connectivity index (χ4v) is 2.30. The molecule has 18 heavy (non-hydrogen) atoms. The lowest BCUT2D eigenvalue weighted by atomic mass is 10.1. The van der Waals surface area contributed by atoms with Crippen LogP contribution in [0.4, 0.5) is 11.5 Å². The van der Waals surface area contributed by atoms with Crippen molar-refractivity contribution in [2.45, 2.75) is 25.6 Å². The van der Waals surface area contributed by atoms with Crippen LogP contribution in [0.1, 0.15) is 13.8 Å². The molecule has 2 rings (SSSR count). The Morgan fingerprint density at radius 2 is 2.39 bits per heavy atom. The lowest BCUT2D eigenvalue weighted by molar-refractivity contribution is -0.101. The van der Waals surface area contributed by atoms with Crippen LogP contribution >= 0.6 is 11.6 Å². The van der Waals surface area contributed by atoms with Gasteiger partial charge in [-0.3, -0.25) is 0 Å². The average molecular weight is 273 g/mol.